The van der Waals surface area contributed by atoms with Gasteiger partial charge in [-0.25, -0.2) is 0 Å². The largest absolute Gasteiger partial charge is 0.403 e. The van der Waals surface area contributed by atoms with E-state index in [1.807, 2.05) is 30.3 Å². The molecule has 3 rings (SSSR count). The molecule has 1 N–H and O–H groups in total. The average molecular weight is 259 g/mol. The van der Waals surface area contributed by atoms with E-state index in [0.717, 1.165) is 5.56 Å². The van der Waals surface area contributed by atoms with E-state index in [1.54, 1.807) is 0 Å². The zero-order valence-corrected chi connectivity index (χ0v) is 10.2. The van der Waals surface area contributed by atoms with Crippen LogP contribution in [-0.2, 0) is 4.79 Å². The van der Waals surface area contributed by atoms with Gasteiger partial charge in [-0.1, -0.05) is 23.3 Å². The zero-order valence-electron chi connectivity index (χ0n) is 10.2. The maximum atomic E-state index is 11.8. The molecule has 1 aromatic carbocycles. The van der Waals surface area contributed by atoms with Crippen molar-refractivity contribution in [1.29, 1.82) is 0 Å². The average Bonchev–Trinajstić information content (AvgIpc) is 3.06. The van der Waals surface area contributed by atoms with E-state index in [-0.39, 0.29) is 24.4 Å². The maximum absolute atomic E-state index is 11.8. The number of hydrogen-bond acceptors (Lipinski definition) is 5. The Morgan fingerprint density at radius 2 is 2.11 bits per heavy atom. The Kier molecular flexibility index (Phi) is 3.00. The molecule has 0 bridgehead atoms. The third kappa shape index (κ3) is 2.22. The van der Waals surface area contributed by atoms with Gasteiger partial charge in [0.2, 0.25) is 11.8 Å². The van der Waals surface area contributed by atoms with Crippen molar-refractivity contribution in [3.05, 3.63) is 30.3 Å². The van der Waals surface area contributed by atoms with E-state index in [1.165, 1.54) is 4.90 Å². The monoisotopic (exact) mass is 259 g/mol. The summed E-state index contributed by atoms with van der Waals surface area (Å²) in [5.74, 6) is 0.234. The summed E-state index contributed by atoms with van der Waals surface area (Å²) in [6.07, 6.45) is 0.319. The van der Waals surface area contributed by atoms with Gasteiger partial charge in [-0.3, -0.25) is 9.69 Å². The number of benzene rings is 1. The van der Waals surface area contributed by atoms with Gasteiger partial charge in [0, 0.05) is 31.1 Å². The van der Waals surface area contributed by atoms with E-state index >= 15 is 0 Å². The molecule has 1 amide bonds. The fraction of sp³-hybridized carbons (Fsp3) is 0.308. The normalized spacial score (nSPS) is 19.1. The lowest BCUT2D eigenvalue weighted by Crippen LogP contribution is -2.25. The number of amides is 1. The van der Waals surface area contributed by atoms with E-state index in [4.69, 9.17) is 9.52 Å². The lowest BCUT2D eigenvalue weighted by Gasteiger charge is -2.09. The number of rotatable bonds is 3. The summed E-state index contributed by atoms with van der Waals surface area (Å²) >= 11 is 0. The van der Waals surface area contributed by atoms with Crippen LogP contribution in [0.4, 0.5) is 6.01 Å². The topological polar surface area (TPSA) is 79.5 Å². The van der Waals surface area contributed by atoms with Crippen LogP contribution in [0.25, 0.3) is 11.5 Å². The van der Waals surface area contributed by atoms with E-state index in [9.17, 15) is 4.79 Å². The highest BCUT2D eigenvalue weighted by Gasteiger charge is 2.33. The van der Waals surface area contributed by atoms with Crippen LogP contribution in [0, 0.1) is 5.92 Å². The molecular weight excluding hydrogens is 246 g/mol. The predicted molar refractivity (Wildman–Crippen MR) is 67.3 cm³/mol. The number of aliphatic hydroxyl groups is 1. The van der Waals surface area contributed by atoms with Crippen LogP contribution in [0.1, 0.15) is 6.42 Å². The summed E-state index contributed by atoms with van der Waals surface area (Å²) in [5.41, 5.74) is 0.812. The molecule has 1 fully saturated rings. The highest BCUT2D eigenvalue weighted by molar-refractivity contribution is 5.93. The van der Waals surface area contributed by atoms with Crippen molar-refractivity contribution in [2.45, 2.75) is 6.42 Å². The zero-order chi connectivity index (χ0) is 13.2. The predicted octanol–water partition coefficient (Wildman–Crippen LogP) is 1.08. The number of anilines is 1. The van der Waals surface area contributed by atoms with Gasteiger partial charge in [-0.05, 0) is 12.1 Å². The molecule has 98 valence electrons. The van der Waals surface area contributed by atoms with Crippen LogP contribution in [0.15, 0.2) is 34.7 Å². The minimum atomic E-state index is -0.0951. The van der Waals surface area contributed by atoms with Crippen molar-refractivity contribution in [2.24, 2.45) is 5.92 Å². The molecule has 1 aliphatic rings. The van der Waals surface area contributed by atoms with E-state index < -0.39 is 0 Å². The summed E-state index contributed by atoms with van der Waals surface area (Å²) < 4.78 is 5.52. The van der Waals surface area contributed by atoms with E-state index in [0.29, 0.717) is 18.9 Å². The molecule has 1 unspecified atom stereocenters. The smallest absolute Gasteiger partial charge is 0.325 e. The molecule has 6 nitrogen and oxygen atoms in total. The second kappa shape index (κ2) is 4.81. The van der Waals surface area contributed by atoms with Gasteiger partial charge in [0.1, 0.15) is 0 Å². The van der Waals surface area contributed by atoms with Gasteiger partial charge >= 0.3 is 6.01 Å². The summed E-state index contributed by atoms with van der Waals surface area (Å²) in [6, 6.07) is 9.57. The molecule has 2 aromatic rings. The molecule has 2 heterocycles. The second-order valence-corrected chi connectivity index (χ2v) is 4.51. The van der Waals surface area contributed by atoms with Crippen molar-refractivity contribution >= 4 is 11.9 Å². The Balaban J connectivity index is 1.84. The third-order valence-corrected chi connectivity index (χ3v) is 3.13. The van der Waals surface area contributed by atoms with Gasteiger partial charge in [-0.2, -0.15) is 0 Å². The first kappa shape index (κ1) is 11.9. The maximum Gasteiger partial charge on any atom is 0.325 e. The number of hydrogen-bond donors (Lipinski definition) is 1. The van der Waals surface area contributed by atoms with Gasteiger partial charge in [0.05, 0.1) is 0 Å². The van der Waals surface area contributed by atoms with Crippen LogP contribution in [0.3, 0.4) is 0 Å². The summed E-state index contributed by atoms with van der Waals surface area (Å²) in [4.78, 5) is 13.2. The lowest BCUT2D eigenvalue weighted by atomic mass is 10.1. The summed E-state index contributed by atoms with van der Waals surface area (Å²) in [5, 5.41) is 16.9. The number of carbonyl (C=O) groups excluding carboxylic acids is 1. The fourth-order valence-electron chi connectivity index (χ4n) is 2.11. The summed E-state index contributed by atoms with van der Waals surface area (Å²) in [6.45, 7) is 0.410. The van der Waals surface area contributed by atoms with Crippen molar-refractivity contribution in [1.82, 2.24) is 10.2 Å². The quantitative estimate of drug-likeness (QED) is 0.892. The highest BCUT2D eigenvalue weighted by atomic mass is 16.4. The van der Waals surface area contributed by atoms with Gasteiger partial charge < -0.3 is 9.52 Å². The number of carbonyl (C=O) groups is 1. The van der Waals surface area contributed by atoms with Gasteiger partial charge in [-0.15, -0.1) is 5.10 Å². The van der Waals surface area contributed by atoms with Crippen LogP contribution in [0.2, 0.25) is 0 Å². The standard InChI is InChI=1S/C13H13N3O3/c17-8-9-6-11(18)16(7-9)13-15-14-12(19-13)10-4-2-1-3-5-10/h1-5,9,17H,6-8H2. The molecule has 0 spiro atoms. The highest BCUT2D eigenvalue weighted by Crippen LogP contribution is 2.26. The number of aromatic nitrogens is 2. The molecular formula is C13H13N3O3. The molecule has 1 aliphatic heterocycles. The van der Waals surface area contributed by atoms with Crippen molar-refractivity contribution in [3.8, 4) is 11.5 Å². The molecule has 0 saturated carbocycles. The first-order chi connectivity index (χ1) is 9.28. The molecule has 1 saturated heterocycles. The first-order valence-electron chi connectivity index (χ1n) is 6.08. The molecule has 0 aliphatic carbocycles. The third-order valence-electron chi connectivity index (χ3n) is 3.13. The second-order valence-electron chi connectivity index (χ2n) is 4.51. The summed E-state index contributed by atoms with van der Waals surface area (Å²) in [7, 11) is 0. The number of nitrogens with zero attached hydrogens (tertiary/aromatic N) is 3. The molecule has 19 heavy (non-hydrogen) atoms. The lowest BCUT2D eigenvalue weighted by molar-refractivity contribution is -0.117. The Labute approximate surface area is 109 Å². The van der Waals surface area contributed by atoms with Crippen LogP contribution in [0.5, 0.6) is 0 Å². The SMILES string of the molecule is O=C1CC(CO)CN1c1nnc(-c2ccccc2)o1. The number of aliphatic hydroxyl groups excluding tert-OH is 1. The minimum Gasteiger partial charge on any atom is -0.403 e. The van der Waals surface area contributed by atoms with Crippen molar-refractivity contribution < 1.29 is 14.3 Å². The van der Waals surface area contributed by atoms with Crippen molar-refractivity contribution in [3.63, 3.8) is 0 Å². The molecule has 1 atom stereocenters. The Hall–Kier alpha value is -2.21. The van der Waals surface area contributed by atoms with Crippen LogP contribution < -0.4 is 4.90 Å². The molecule has 0 radical (unpaired) electrons. The Morgan fingerprint density at radius 3 is 2.79 bits per heavy atom. The van der Waals surface area contributed by atoms with Crippen LogP contribution >= 0.6 is 0 Å². The van der Waals surface area contributed by atoms with Crippen LogP contribution in [-0.4, -0.2) is 34.4 Å². The van der Waals surface area contributed by atoms with Crippen molar-refractivity contribution in [2.75, 3.05) is 18.1 Å². The van der Waals surface area contributed by atoms with E-state index in [2.05, 4.69) is 10.2 Å². The minimum absolute atomic E-state index is 0.0120. The van der Waals surface area contributed by atoms with Gasteiger partial charge in [0.25, 0.3) is 0 Å². The Bertz CT molecular complexity index is 582. The van der Waals surface area contributed by atoms with Gasteiger partial charge in [0.15, 0.2) is 0 Å². The molecule has 1 aromatic heterocycles. The fourth-order valence-corrected chi connectivity index (χ4v) is 2.11. The first-order valence-corrected chi connectivity index (χ1v) is 6.08. The molecule has 6 heteroatoms. The Morgan fingerprint density at radius 1 is 1.32 bits per heavy atom.